The maximum atomic E-state index is 5.64. The van der Waals surface area contributed by atoms with Crippen LogP contribution in [0.25, 0.3) is 6.08 Å². The lowest BCUT2D eigenvalue weighted by atomic mass is 9.97. The fourth-order valence-electron chi connectivity index (χ4n) is 1.55. The molecule has 0 saturated carbocycles. The smallest absolute Gasteiger partial charge is 0.127 e. The molecule has 1 nitrogen and oxygen atoms in total. The van der Waals surface area contributed by atoms with Gasteiger partial charge in [-0.25, -0.2) is 0 Å². The maximum absolute atomic E-state index is 5.64. The number of hydrogen-bond donors (Lipinski definition) is 0. The van der Waals surface area contributed by atoms with E-state index in [-0.39, 0.29) is 0 Å². The molecule has 1 aliphatic heterocycles. The monoisotopic (exact) mass is 186 g/mol. The van der Waals surface area contributed by atoms with Gasteiger partial charge in [-0.3, -0.25) is 0 Å². The topological polar surface area (TPSA) is 9.23 Å². The molecular weight excluding hydrogens is 172 g/mol. The third-order valence-corrected chi connectivity index (χ3v) is 2.59. The predicted octanol–water partition coefficient (Wildman–Crippen LogP) is 3.28. The maximum Gasteiger partial charge on any atom is 0.127 e. The van der Waals surface area contributed by atoms with Gasteiger partial charge >= 0.3 is 0 Å². The van der Waals surface area contributed by atoms with Gasteiger partial charge in [-0.2, -0.15) is 0 Å². The van der Waals surface area contributed by atoms with Crippen LogP contribution >= 0.6 is 0 Å². The number of hydrogen-bond acceptors (Lipinski definition) is 1. The summed E-state index contributed by atoms with van der Waals surface area (Å²) in [5, 5.41) is 0. The van der Waals surface area contributed by atoms with Gasteiger partial charge in [0, 0.05) is 5.56 Å². The Kier molecular flexibility index (Phi) is 2.40. The van der Waals surface area contributed by atoms with E-state index in [0.717, 1.165) is 5.75 Å². The molecule has 1 aromatic rings. The van der Waals surface area contributed by atoms with Crippen LogP contribution in [0.2, 0.25) is 0 Å². The lowest BCUT2D eigenvalue weighted by molar-refractivity contribution is 0.337. The van der Waals surface area contributed by atoms with Crippen LogP contribution in [0.15, 0.2) is 42.5 Å². The number of benzene rings is 1. The molecule has 1 atom stereocenters. The third kappa shape index (κ3) is 1.58. The Labute approximate surface area is 84.7 Å². The third-order valence-electron chi connectivity index (χ3n) is 2.59. The van der Waals surface area contributed by atoms with Gasteiger partial charge in [0.05, 0.1) is 0 Å². The van der Waals surface area contributed by atoms with Crippen LogP contribution < -0.4 is 4.74 Å². The zero-order valence-electron chi connectivity index (χ0n) is 8.36. The highest BCUT2D eigenvalue weighted by atomic mass is 16.5. The van der Waals surface area contributed by atoms with Crippen molar-refractivity contribution in [2.45, 2.75) is 6.92 Å². The lowest BCUT2D eigenvalue weighted by Crippen LogP contribution is -2.11. The minimum Gasteiger partial charge on any atom is -0.489 e. The number of allylic oxidation sites excluding steroid dienone is 1. The molecule has 0 bridgehead atoms. The van der Waals surface area contributed by atoms with E-state index in [1.165, 1.54) is 11.1 Å². The van der Waals surface area contributed by atoms with Crippen molar-refractivity contribution >= 4 is 6.08 Å². The Morgan fingerprint density at radius 3 is 3.00 bits per heavy atom. The van der Waals surface area contributed by atoms with E-state index in [4.69, 9.17) is 4.74 Å². The second kappa shape index (κ2) is 3.70. The lowest BCUT2D eigenvalue weighted by Gasteiger charge is -2.20. The second-order valence-corrected chi connectivity index (χ2v) is 3.57. The largest absolute Gasteiger partial charge is 0.489 e. The highest BCUT2D eigenvalue weighted by Gasteiger charge is 2.13. The Hall–Kier alpha value is -1.50. The molecule has 0 amide bonds. The van der Waals surface area contributed by atoms with Crippen LogP contribution in [-0.4, -0.2) is 6.61 Å². The van der Waals surface area contributed by atoms with E-state index in [9.17, 15) is 0 Å². The Bertz CT molecular complexity index is 377. The molecule has 1 heterocycles. The van der Waals surface area contributed by atoms with Gasteiger partial charge in [0.25, 0.3) is 0 Å². The van der Waals surface area contributed by atoms with Crippen molar-refractivity contribution in [1.29, 1.82) is 0 Å². The molecule has 0 saturated heterocycles. The zero-order chi connectivity index (χ0) is 9.97. The summed E-state index contributed by atoms with van der Waals surface area (Å²) < 4.78 is 5.64. The van der Waals surface area contributed by atoms with E-state index >= 15 is 0 Å². The molecule has 0 fully saturated rings. The molecule has 1 aromatic carbocycles. The SMILES string of the molecule is C=C[C@@H](C)C1=Cc2ccccc2OC1. The normalized spacial score (nSPS) is 16.2. The van der Waals surface area contributed by atoms with E-state index in [1.807, 2.05) is 24.3 Å². The summed E-state index contributed by atoms with van der Waals surface area (Å²) >= 11 is 0. The van der Waals surface area contributed by atoms with Crippen molar-refractivity contribution in [2.24, 2.45) is 5.92 Å². The van der Waals surface area contributed by atoms with Crippen LogP contribution in [0, 0.1) is 5.92 Å². The van der Waals surface area contributed by atoms with Crippen LogP contribution in [0.4, 0.5) is 0 Å². The van der Waals surface area contributed by atoms with E-state index in [2.05, 4.69) is 25.6 Å². The average Bonchev–Trinajstić information content (AvgIpc) is 2.27. The fourth-order valence-corrected chi connectivity index (χ4v) is 1.55. The molecule has 2 rings (SSSR count). The number of fused-ring (bicyclic) bond motifs is 1. The van der Waals surface area contributed by atoms with Crippen LogP contribution in [0.3, 0.4) is 0 Å². The van der Waals surface area contributed by atoms with Crippen molar-refractivity contribution in [3.05, 3.63) is 48.1 Å². The average molecular weight is 186 g/mol. The molecule has 72 valence electrons. The number of para-hydroxylation sites is 1. The van der Waals surface area contributed by atoms with Crippen molar-refractivity contribution in [1.82, 2.24) is 0 Å². The Morgan fingerprint density at radius 2 is 2.21 bits per heavy atom. The van der Waals surface area contributed by atoms with Gasteiger partial charge in [0.2, 0.25) is 0 Å². The van der Waals surface area contributed by atoms with Crippen molar-refractivity contribution in [3.8, 4) is 5.75 Å². The van der Waals surface area contributed by atoms with Crippen LogP contribution in [0.5, 0.6) is 5.75 Å². The van der Waals surface area contributed by atoms with Crippen molar-refractivity contribution in [3.63, 3.8) is 0 Å². The van der Waals surface area contributed by atoms with Crippen LogP contribution in [0.1, 0.15) is 12.5 Å². The van der Waals surface area contributed by atoms with E-state index in [0.29, 0.717) is 12.5 Å². The summed E-state index contributed by atoms with van der Waals surface area (Å²) in [6.45, 7) is 6.62. The highest BCUT2D eigenvalue weighted by Crippen LogP contribution is 2.28. The Morgan fingerprint density at radius 1 is 1.43 bits per heavy atom. The first-order valence-electron chi connectivity index (χ1n) is 4.86. The molecule has 0 spiro atoms. The first-order valence-corrected chi connectivity index (χ1v) is 4.86. The molecule has 0 N–H and O–H groups in total. The zero-order valence-corrected chi connectivity index (χ0v) is 8.36. The molecule has 0 unspecified atom stereocenters. The standard InChI is InChI=1S/C13H14O/c1-3-10(2)12-8-11-6-4-5-7-13(11)14-9-12/h3-8,10H,1,9H2,2H3/t10-/m1/s1. The number of rotatable bonds is 2. The second-order valence-electron chi connectivity index (χ2n) is 3.57. The first-order chi connectivity index (χ1) is 6.81. The van der Waals surface area contributed by atoms with Crippen LogP contribution in [-0.2, 0) is 0 Å². The van der Waals surface area contributed by atoms with E-state index in [1.54, 1.807) is 0 Å². The summed E-state index contributed by atoms with van der Waals surface area (Å²) in [5.74, 6) is 1.37. The molecule has 1 heteroatoms. The van der Waals surface area contributed by atoms with Gasteiger partial charge < -0.3 is 4.74 Å². The molecule has 0 aliphatic carbocycles. The quantitative estimate of drug-likeness (QED) is 0.644. The summed E-state index contributed by atoms with van der Waals surface area (Å²) in [7, 11) is 0. The summed E-state index contributed by atoms with van der Waals surface area (Å²) in [6, 6.07) is 8.10. The number of ether oxygens (including phenoxy) is 1. The first kappa shape index (κ1) is 9.07. The van der Waals surface area contributed by atoms with Gasteiger partial charge in [-0.1, -0.05) is 31.2 Å². The summed E-state index contributed by atoms with van der Waals surface area (Å²) in [6.07, 6.45) is 4.15. The molecule has 0 aromatic heterocycles. The molecular formula is C13H14O. The van der Waals surface area contributed by atoms with E-state index < -0.39 is 0 Å². The predicted molar refractivity (Wildman–Crippen MR) is 59.3 cm³/mol. The highest BCUT2D eigenvalue weighted by molar-refractivity contribution is 5.62. The summed E-state index contributed by atoms with van der Waals surface area (Å²) in [5.41, 5.74) is 2.46. The molecule has 0 radical (unpaired) electrons. The fraction of sp³-hybridized carbons (Fsp3) is 0.231. The Balaban J connectivity index is 2.35. The molecule has 14 heavy (non-hydrogen) atoms. The van der Waals surface area contributed by atoms with Gasteiger partial charge in [0.15, 0.2) is 0 Å². The van der Waals surface area contributed by atoms with Gasteiger partial charge in [-0.05, 0) is 23.6 Å². The van der Waals surface area contributed by atoms with Gasteiger partial charge in [0.1, 0.15) is 12.4 Å². The molecule has 1 aliphatic rings. The summed E-state index contributed by atoms with van der Waals surface area (Å²) in [4.78, 5) is 0. The minimum absolute atomic E-state index is 0.392. The van der Waals surface area contributed by atoms with Crippen molar-refractivity contribution in [2.75, 3.05) is 6.61 Å². The minimum atomic E-state index is 0.392. The van der Waals surface area contributed by atoms with Gasteiger partial charge in [-0.15, -0.1) is 6.58 Å². The van der Waals surface area contributed by atoms with Crippen molar-refractivity contribution < 1.29 is 4.74 Å².